The Balaban J connectivity index is 1.98. The molecule has 0 saturated heterocycles. The van der Waals surface area contributed by atoms with Crippen molar-refractivity contribution in [2.45, 2.75) is 6.42 Å². The zero-order valence-corrected chi connectivity index (χ0v) is 10.1. The molecule has 2 aromatic heterocycles. The van der Waals surface area contributed by atoms with Gasteiger partial charge in [0.25, 0.3) is 0 Å². The van der Waals surface area contributed by atoms with Gasteiger partial charge in [-0.15, -0.1) is 11.3 Å². The summed E-state index contributed by atoms with van der Waals surface area (Å²) in [6.07, 6.45) is 0.634. The van der Waals surface area contributed by atoms with Gasteiger partial charge in [-0.25, -0.2) is 9.78 Å². The average Bonchev–Trinajstić information content (AvgIpc) is 2.96. The Morgan fingerprint density at radius 3 is 3.00 bits per heavy atom. The Bertz CT molecular complexity index is 700. The molecular weight excluding hydrogens is 250 g/mol. The van der Waals surface area contributed by atoms with Gasteiger partial charge < -0.3 is 9.52 Å². The van der Waals surface area contributed by atoms with Gasteiger partial charge >= 0.3 is 5.97 Å². The van der Waals surface area contributed by atoms with E-state index in [0.29, 0.717) is 23.4 Å². The van der Waals surface area contributed by atoms with Gasteiger partial charge in [0.1, 0.15) is 5.52 Å². The summed E-state index contributed by atoms with van der Waals surface area (Å²) in [7, 11) is 0. The van der Waals surface area contributed by atoms with Crippen LogP contribution in [0.1, 0.15) is 21.1 Å². The maximum Gasteiger partial charge on any atom is 0.335 e. The predicted octanol–water partition coefficient (Wildman–Crippen LogP) is 3.18. The van der Waals surface area contributed by atoms with Gasteiger partial charge in [0.2, 0.25) is 5.89 Å². The average molecular weight is 259 g/mol. The van der Waals surface area contributed by atoms with Gasteiger partial charge in [-0.2, -0.15) is 0 Å². The third-order valence-corrected chi connectivity index (χ3v) is 3.46. The van der Waals surface area contributed by atoms with Crippen LogP contribution in [0.15, 0.2) is 40.1 Å². The third kappa shape index (κ3) is 2.00. The minimum atomic E-state index is -0.965. The van der Waals surface area contributed by atoms with Crippen molar-refractivity contribution in [2.24, 2.45) is 0 Å². The summed E-state index contributed by atoms with van der Waals surface area (Å²) >= 11 is 1.64. The van der Waals surface area contributed by atoms with Crippen LogP contribution in [0.25, 0.3) is 11.1 Å². The quantitative estimate of drug-likeness (QED) is 0.784. The van der Waals surface area contributed by atoms with Crippen LogP contribution in [-0.4, -0.2) is 16.1 Å². The van der Waals surface area contributed by atoms with E-state index in [-0.39, 0.29) is 5.56 Å². The van der Waals surface area contributed by atoms with E-state index in [1.54, 1.807) is 17.4 Å². The second-order valence-corrected chi connectivity index (χ2v) is 4.88. The summed E-state index contributed by atoms with van der Waals surface area (Å²) in [6.45, 7) is 0. The first-order valence-electron chi connectivity index (χ1n) is 5.37. The summed E-state index contributed by atoms with van der Waals surface area (Å²) in [5.41, 5.74) is 1.41. The molecule has 1 N–H and O–H groups in total. The number of hydrogen-bond donors (Lipinski definition) is 1. The van der Waals surface area contributed by atoms with E-state index in [1.165, 1.54) is 17.0 Å². The number of oxazole rings is 1. The lowest BCUT2D eigenvalue weighted by Gasteiger charge is -1.91. The van der Waals surface area contributed by atoms with Crippen molar-refractivity contribution in [1.82, 2.24) is 4.98 Å². The number of carboxylic acids is 1. The molecule has 0 aliphatic heterocycles. The van der Waals surface area contributed by atoms with Gasteiger partial charge in [0, 0.05) is 4.88 Å². The minimum absolute atomic E-state index is 0.210. The Morgan fingerprint density at radius 2 is 2.28 bits per heavy atom. The SMILES string of the molecule is O=C(O)c1ccc2nc(Cc3cccs3)oc2c1. The smallest absolute Gasteiger partial charge is 0.335 e. The molecule has 90 valence electrons. The van der Waals surface area contributed by atoms with Gasteiger partial charge in [0.05, 0.1) is 12.0 Å². The summed E-state index contributed by atoms with van der Waals surface area (Å²) in [5, 5.41) is 10.9. The number of aromatic carboxylic acids is 1. The zero-order valence-electron chi connectivity index (χ0n) is 9.29. The van der Waals surface area contributed by atoms with Crippen molar-refractivity contribution in [2.75, 3.05) is 0 Å². The number of thiophene rings is 1. The number of hydrogen-bond acceptors (Lipinski definition) is 4. The predicted molar refractivity (Wildman–Crippen MR) is 68.1 cm³/mol. The van der Waals surface area contributed by atoms with Crippen LogP contribution < -0.4 is 0 Å². The van der Waals surface area contributed by atoms with Gasteiger partial charge in [-0.05, 0) is 29.6 Å². The van der Waals surface area contributed by atoms with E-state index in [4.69, 9.17) is 9.52 Å². The van der Waals surface area contributed by atoms with Gasteiger partial charge in [-0.3, -0.25) is 0 Å². The standard InChI is InChI=1S/C13H9NO3S/c15-13(16)8-3-4-10-11(6-8)17-12(14-10)7-9-2-1-5-18-9/h1-6H,7H2,(H,15,16). The monoisotopic (exact) mass is 259 g/mol. The Morgan fingerprint density at radius 1 is 1.39 bits per heavy atom. The lowest BCUT2D eigenvalue weighted by atomic mass is 10.2. The molecule has 0 atom stereocenters. The maximum absolute atomic E-state index is 10.8. The topological polar surface area (TPSA) is 63.3 Å². The summed E-state index contributed by atoms with van der Waals surface area (Å²) in [6, 6.07) is 8.69. The molecule has 3 aromatic rings. The first-order chi connectivity index (χ1) is 8.72. The molecule has 0 fully saturated rings. The summed E-state index contributed by atoms with van der Waals surface area (Å²) in [5.74, 6) is -0.358. The minimum Gasteiger partial charge on any atom is -0.478 e. The van der Waals surface area contributed by atoms with Crippen LogP contribution in [-0.2, 0) is 6.42 Å². The number of fused-ring (bicyclic) bond motifs is 1. The van der Waals surface area contributed by atoms with Crippen molar-refractivity contribution in [3.05, 3.63) is 52.0 Å². The van der Waals surface area contributed by atoms with E-state index < -0.39 is 5.97 Å². The van der Waals surface area contributed by atoms with Crippen LogP contribution in [0.2, 0.25) is 0 Å². The number of carbonyl (C=O) groups is 1. The van der Waals surface area contributed by atoms with E-state index >= 15 is 0 Å². The highest BCUT2D eigenvalue weighted by Crippen LogP contribution is 2.20. The van der Waals surface area contributed by atoms with Gasteiger partial charge in [-0.1, -0.05) is 6.07 Å². The van der Waals surface area contributed by atoms with E-state index in [9.17, 15) is 4.79 Å². The lowest BCUT2D eigenvalue weighted by Crippen LogP contribution is -1.94. The highest BCUT2D eigenvalue weighted by atomic mass is 32.1. The second kappa shape index (κ2) is 4.27. The van der Waals surface area contributed by atoms with E-state index in [1.807, 2.05) is 17.5 Å². The normalized spacial score (nSPS) is 10.9. The molecule has 1 aromatic carbocycles. The Labute approximate surface area is 107 Å². The maximum atomic E-state index is 10.8. The van der Waals surface area contributed by atoms with Crippen molar-refractivity contribution in [3.63, 3.8) is 0 Å². The lowest BCUT2D eigenvalue weighted by molar-refractivity contribution is 0.0697. The Hall–Kier alpha value is -2.14. The van der Waals surface area contributed by atoms with E-state index in [2.05, 4.69) is 4.98 Å². The molecule has 0 amide bonds. The third-order valence-electron chi connectivity index (χ3n) is 2.59. The van der Waals surface area contributed by atoms with Crippen molar-refractivity contribution in [1.29, 1.82) is 0 Å². The number of carboxylic acid groups (broad SMARTS) is 1. The van der Waals surface area contributed by atoms with Crippen molar-refractivity contribution >= 4 is 28.4 Å². The molecular formula is C13H9NO3S. The molecule has 0 aliphatic carbocycles. The molecule has 0 radical (unpaired) electrons. The van der Waals surface area contributed by atoms with Crippen LogP contribution >= 0.6 is 11.3 Å². The molecule has 0 bridgehead atoms. The second-order valence-electron chi connectivity index (χ2n) is 3.85. The van der Waals surface area contributed by atoms with Crippen LogP contribution in [0.4, 0.5) is 0 Å². The van der Waals surface area contributed by atoms with Crippen LogP contribution in [0.3, 0.4) is 0 Å². The number of benzene rings is 1. The summed E-state index contributed by atoms with van der Waals surface area (Å²) in [4.78, 5) is 16.3. The molecule has 18 heavy (non-hydrogen) atoms. The molecule has 3 rings (SSSR count). The number of rotatable bonds is 3. The van der Waals surface area contributed by atoms with Crippen molar-refractivity contribution in [3.8, 4) is 0 Å². The van der Waals surface area contributed by atoms with Crippen LogP contribution in [0, 0.1) is 0 Å². The zero-order chi connectivity index (χ0) is 12.5. The fraction of sp³-hybridized carbons (Fsp3) is 0.0769. The van der Waals surface area contributed by atoms with Crippen LogP contribution in [0.5, 0.6) is 0 Å². The molecule has 4 nitrogen and oxygen atoms in total. The van der Waals surface area contributed by atoms with Crippen molar-refractivity contribution < 1.29 is 14.3 Å². The number of nitrogens with zero attached hydrogens (tertiary/aromatic N) is 1. The largest absolute Gasteiger partial charge is 0.478 e. The highest BCUT2D eigenvalue weighted by Gasteiger charge is 2.10. The molecule has 0 spiro atoms. The first kappa shape index (κ1) is 11.0. The number of aromatic nitrogens is 1. The molecule has 0 unspecified atom stereocenters. The highest BCUT2D eigenvalue weighted by molar-refractivity contribution is 7.09. The molecule has 2 heterocycles. The summed E-state index contributed by atoms with van der Waals surface area (Å²) < 4.78 is 5.56. The fourth-order valence-electron chi connectivity index (χ4n) is 1.74. The molecule has 0 aliphatic rings. The van der Waals surface area contributed by atoms with E-state index in [0.717, 1.165) is 0 Å². The first-order valence-corrected chi connectivity index (χ1v) is 6.25. The van der Waals surface area contributed by atoms with Gasteiger partial charge in [0.15, 0.2) is 5.58 Å². The Kier molecular flexibility index (Phi) is 2.60. The molecule has 0 saturated carbocycles. The molecule has 5 heteroatoms. The fourth-order valence-corrected chi connectivity index (χ4v) is 2.44.